The van der Waals surface area contributed by atoms with Gasteiger partial charge in [0.1, 0.15) is 12.3 Å². The predicted octanol–water partition coefficient (Wildman–Crippen LogP) is 2.12. The smallest absolute Gasteiger partial charge is 0.255 e. The van der Waals surface area contributed by atoms with Crippen molar-refractivity contribution in [1.82, 2.24) is 10.2 Å². The molecule has 2 rings (SSSR count). The highest BCUT2D eigenvalue weighted by molar-refractivity contribution is 5.97. The van der Waals surface area contributed by atoms with E-state index in [-0.39, 0.29) is 11.8 Å². The first-order chi connectivity index (χ1) is 12.5. The minimum Gasteiger partial charge on any atom is -0.493 e. The lowest BCUT2D eigenvalue weighted by molar-refractivity contribution is -0.131. The van der Waals surface area contributed by atoms with Crippen LogP contribution in [0.5, 0.6) is 11.5 Å². The zero-order chi connectivity index (χ0) is 19.1. The van der Waals surface area contributed by atoms with Crippen molar-refractivity contribution in [1.29, 1.82) is 0 Å². The van der Waals surface area contributed by atoms with Crippen LogP contribution in [0.25, 0.3) is 0 Å². The number of carbonyl (C=O) groups is 2. The van der Waals surface area contributed by atoms with Crippen LogP contribution < -0.4 is 14.8 Å². The van der Waals surface area contributed by atoms with Crippen molar-refractivity contribution >= 4 is 11.8 Å². The highest BCUT2D eigenvalue weighted by atomic mass is 16.5. The fourth-order valence-corrected chi connectivity index (χ4v) is 2.51. The van der Waals surface area contributed by atoms with Crippen molar-refractivity contribution in [2.75, 3.05) is 27.8 Å². The van der Waals surface area contributed by atoms with Crippen molar-refractivity contribution in [3.8, 4) is 11.5 Å². The first-order valence-electron chi connectivity index (χ1n) is 8.25. The summed E-state index contributed by atoms with van der Waals surface area (Å²) in [5, 5.41) is 2.67. The second-order valence-corrected chi connectivity index (χ2v) is 5.91. The highest BCUT2D eigenvalue weighted by Crippen LogP contribution is 2.27. The SMILES string of the molecule is COc1ccc(CCN(C)C(=O)C(C)NC(=O)c2ccoc2)cc1OC. The first-order valence-corrected chi connectivity index (χ1v) is 8.25. The Morgan fingerprint density at radius 1 is 1.19 bits per heavy atom. The number of hydrogen-bond acceptors (Lipinski definition) is 5. The summed E-state index contributed by atoms with van der Waals surface area (Å²) in [6.45, 7) is 2.17. The number of ether oxygens (including phenoxy) is 2. The average Bonchev–Trinajstić information content (AvgIpc) is 3.19. The van der Waals surface area contributed by atoms with Gasteiger partial charge in [-0.15, -0.1) is 0 Å². The number of benzene rings is 1. The lowest BCUT2D eigenvalue weighted by Gasteiger charge is -2.22. The summed E-state index contributed by atoms with van der Waals surface area (Å²) >= 11 is 0. The maximum atomic E-state index is 12.4. The number of nitrogens with zero attached hydrogens (tertiary/aromatic N) is 1. The molecule has 1 unspecified atom stereocenters. The van der Waals surface area contributed by atoms with Gasteiger partial charge in [-0.3, -0.25) is 9.59 Å². The minimum absolute atomic E-state index is 0.165. The van der Waals surface area contributed by atoms with Gasteiger partial charge in [0.25, 0.3) is 5.91 Å². The third kappa shape index (κ3) is 4.78. The zero-order valence-corrected chi connectivity index (χ0v) is 15.4. The maximum Gasteiger partial charge on any atom is 0.255 e. The number of amides is 2. The average molecular weight is 360 g/mol. The Morgan fingerprint density at radius 2 is 1.92 bits per heavy atom. The molecule has 0 spiro atoms. The number of furan rings is 1. The molecule has 2 amide bonds. The number of rotatable bonds is 8. The molecule has 0 aliphatic carbocycles. The van der Waals surface area contributed by atoms with E-state index in [1.807, 2.05) is 18.2 Å². The van der Waals surface area contributed by atoms with Gasteiger partial charge in [0.15, 0.2) is 11.5 Å². The maximum absolute atomic E-state index is 12.4. The molecule has 7 heteroatoms. The van der Waals surface area contributed by atoms with Crippen molar-refractivity contribution < 1.29 is 23.5 Å². The van der Waals surface area contributed by atoms with Crippen LogP contribution in [0.3, 0.4) is 0 Å². The summed E-state index contributed by atoms with van der Waals surface area (Å²) in [6.07, 6.45) is 3.41. The van der Waals surface area contributed by atoms with Gasteiger partial charge in [-0.05, 0) is 37.1 Å². The molecule has 1 aromatic carbocycles. The van der Waals surface area contributed by atoms with Crippen LogP contribution >= 0.6 is 0 Å². The fourth-order valence-electron chi connectivity index (χ4n) is 2.51. The van der Waals surface area contributed by atoms with E-state index in [0.717, 1.165) is 5.56 Å². The van der Waals surface area contributed by atoms with Crippen LogP contribution in [-0.2, 0) is 11.2 Å². The van der Waals surface area contributed by atoms with E-state index in [1.165, 1.54) is 12.5 Å². The molecule has 140 valence electrons. The topological polar surface area (TPSA) is 81.0 Å². The molecule has 7 nitrogen and oxygen atoms in total. The highest BCUT2D eigenvalue weighted by Gasteiger charge is 2.20. The Balaban J connectivity index is 1.89. The Bertz CT molecular complexity index is 742. The molecule has 0 aliphatic rings. The molecule has 0 fully saturated rings. The molecular formula is C19H24N2O5. The zero-order valence-electron chi connectivity index (χ0n) is 15.4. The lowest BCUT2D eigenvalue weighted by Crippen LogP contribution is -2.46. The van der Waals surface area contributed by atoms with E-state index in [0.29, 0.717) is 30.0 Å². The molecule has 1 heterocycles. The van der Waals surface area contributed by atoms with Crippen LogP contribution in [0.15, 0.2) is 41.2 Å². The summed E-state index contributed by atoms with van der Waals surface area (Å²) in [4.78, 5) is 26.0. The summed E-state index contributed by atoms with van der Waals surface area (Å²) in [5.74, 6) is 0.811. The molecule has 2 aromatic rings. The molecule has 0 bridgehead atoms. The summed E-state index contributed by atoms with van der Waals surface area (Å²) in [7, 11) is 4.88. The largest absolute Gasteiger partial charge is 0.493 e. The monoisotopic (exact) mass is 360 g/mol. The Hall–Kier alpha value is -2.96. The van der Waals surface area contributed by atoms with Crippen LogP contribution in [0.4, 0.5) is 0 Å². The van der Waals surface area contributed by atoms with Crippen LogP contribution in [0.2, 0.25) is 0 Å². The Kier molecular flexibility index (Phi) is 6.66. The van der Waals surface area contributed by atoms with Gasteiger partial charge in [0.05, 0.1) is 26.0 Å². The molecule has 1 atom stereocenters. The summed E-state index contributed by atoms with van der Waals surface area (Å²) in [5.41, 5.74) is 1.41. The molecule has 1 N–H and O–H groups in total. The number of hydrogen-bond donors (Lipinski definition) is 1. The van der Waals surface area contributed by atoms with Gasteiger partial charge in [-0.1, -0.05) is 6.07 Å². The third-order valence-corrected chi connectivity index (χ3v) is 4.06. The van der Waals surface area contributed by atoms with Crippen molar-refractivity contribution in [2.45, 2.75) is 19.4 Å². The quantitative estimate of drug-likeness (QED) is 0.780. The number of carbonyl (C=O) groups excluding carboxylic acids is 2. The number of nitrogens with one attached hydrogen (secondary N) is 1. The van der Waals surface area contributed by atoms with Crippen LogP contribution in [0, 0.1) is 0 Å². The van der Waals surface area contributed by atoms with Crippen molar-refractivity contribution in [3.63, 3.8) is 0 Å². The van der Waals surface area contributed by atoms with Gasteiger partial charge in [-0.2, -0.15) is 0 Å². The molecule has 0 aliphatic heterocycles. The molecule has 0 saturated carbocycles. The molecular weight excluding hydrogens is 336 g/mol. The van der Waals surface area contributed by atoms with E-state index in [9.17, 15) is 9.59 Å². The molecule has 26 heavy (non-hydrogen) atoms. The van der Waals surface area contributed by atoms with E-state index in [1.54, 1.807) is 39.2 Å². The van der Waals surface area contributed by atoms with Crippen LogP contribution in [-0.4, -0.2) is 50.6 Å². The lowest BCUT2D eigenvalue weighted by atomic mass is 10.1. The second kappa shape index (κ2) is 8.94. The standard InChI is InChI=1S/C19H24N2O5/c1-13(20-18(22)15-8-10-26-12-15)19(23)21(2)9-7-14-5-6-16(24-3)17(11-14)25-4/h5-6,8,10-13H,7,9H2,1-4H3,(H,20,22). The third-order valence-electron chi connectivity index (χ3n) is 4.06. The van der Waals surface area contributed by atoms with Gasteiger partial charge >= 0.3 is 0 Å². The number of methoxy groups -OCH3 is 2. The normalized spacial score (nSPS) is 11.5. The van der Waals surface area contributed by atoms with Crippen LogP contribution in [0.1, 0.15) is 22.8 Å². The van der Waals surface area contributed by atoms with E-state index < -0.39 is 6.04 Å². The van der Waals surface area contributed by atoms with Gasteiger partial charge in [0.2, 0.25) is 5.91 Å². The fraction of sp³-hybridized carbons (Fsp3) is 0.368. The molecule has 1 aromatic heterocycles. The predicted molar refractivity (Wildman–Crippen MR) is 96.5 cm³/mol. The van der Waals surface area contributed by atoms with Crippen molar-refractivity contribution in [2.24, 2.45) is 0 Å². The minimum atomic E-state index is -0.632. The second-order valence-electron chi connectivity index (χ2n) is 5.91. The van der Waals surface area contributed by atoms with Gasteiger partial charge in [-0.25, -0.2) is 0 Å². The molecule has 0 radical (unpaired) electrons. The van der Waals surface area contributed by atoms with Gasteiger partial charge in [0, 0.05) is 13.6 Å². The van der Waals surface area contributed by atoms with Gasteiger partial charge < -0.3 is 24.1 Å². The van der Waals surface area contributed by atoms with E-state index in [2.05, 4.69) is 5.32 Å². The molecule has 0 saturated heterocycles. The Labute approximate surface area is 152 Å². The van der Waals surface area contributed by atoms with Crippen molar-refractivity contribution in [3.05, 3.63) is 47.9 Å². The summed E-state index contributed by atoms with van der Waals surface area (Å²) < 4.78 is 15.4. The summed E-state index contributed by atoms with van der Waals surface area (Å²) in [6, 6.07) is 6.58. The number of likely N-dealkylation sites (N-methyl/N-ethyl adjacent to an activating group) is 1. The van der Waals surface area contributed by atoms with E-state index in [4.69, 9.17) is 13.9 Å². The van der Waals surface area contributed by atoms with E-state index >= 15 is 0 Å². The first kappa shape index (κ1) is 19.4. The Morgan fingerprint density at radius 3 is 2.54 bits per heavy atom.